The third-order valence-corrected chi connectivity index (χ3v) is 2.84. The summed E-state index contributed by atoms with van der Waals surface area (Å²) in [6, 6.07) is 1.46. The molecule has 0 atom stereocenters. The Bertz CT molecular complexity index is 385. The first kappa shape index (κ1) is 12.7. The standard InChI is InChI=1S/C9H8BrCl2NO2/c1-2-15-9(14)5-3-6(11)8(12)13-7(5)4-10/h3H,2,4H2,1H3. The number of aromatic nitrogens is 1. The van der Waals surface area contributed by atoms with E-state index in [2.05, 4.69) is 20.9 Å². The maximum absolute atomic E-state index is 11.5. The first-order valence-electron chi connectivity index (χ1n) is 4.18. The molecule has 0 N–H and O–H groups in total. The molecule has 1 heterocycles. The van der Waals surface area contributed by atoms with Crippen molar-refractivity contribution in [1.29, 1.82) is 0 Å². The largest absolute Gasteiger partial charge is 0.462 e. The number of alkyl halides is 1. The predicted molar refractivity (Wildman–Crippen MR) is 62.8 cm³/mol. The Balaban J connectivity index is 3.15. The van der Waals surface area contributed by atoms with Gasteiger partial charge in [-0.2, -0.15) is 0 Å². The molecule has 0 aliphatic rings. The van der Waals surface area contributed by atoms with Crippen molar-refractivity contribution in [3.05, 3.63) is 27.5 Å². The van der Waals surface area contributed by atoms with E-state index in [1.54, 1.807) is 6.92 Å². The smallest absolute Gasteiger partial charge is 0.340 e. The van der Waals surface area contributed by atoms with E-state index in [1.165, 1.54) is 6.07 Å². The number of ether oxygens (including phenoxy) is 1. The van der Waals surface area contributed by atoms with Crippen molar-refractivity contribution >= 4 is 45.1 Å². The van der Waals surface area contributed by atoms with Crippen molar-refractivity contribution in [2.24, 2.45) is 0 Å². The molecule has 0 bridgehead atoms. The van der Waals surface area contributed by atoms with Gasteiger partial charge >= 0.3 is 5.97 Å². The Hall–Kier alpha value is -0.320. The van der Waals surface area contributed by atoms with Crippen LogP contribution >= 0.6 is 39.1 Å². The predicted octanol–water partition coefficient (Wildman–Crippen LogP) is 3.46. The van der Waals surface area contributed by atoms with Crippen molar-refractivity contribution in [2.45, 2.75) is 12.3 Å². The van der Waals surface area contributed by atoms with Crippen LogP contribution in [0.5, 0.6) is 0 Å². The average molecular weight is 313 g/mol. The Morgan fingerprint density at radius 2 is 2.27 bits per heavy atom. The molecule has 0 aliphatic heterocycles. The molecule has 0 aliphatic carbocycles. The van der Waals surface area contributed by atoms with Gasteiger partial charge in [0.15, 0.2) is 0 Å². The lowest BCUT2D eigenvalue weighted by atomic mass is 10.2. The highest BCUT2D eigenvalue weighted by molar-refractivity contribution is 9.08. The van der Waals surface area contributed by atoms with Crippen molar-refractivity contribution in [3.63, 3.8) is 0 Å². The summed E-state index contributed by atoms with van der Waals surface area (Å²) in [6.07, 6.45) is 0. The van der Waals surface area contributed by atoms with Gasteiger partial charge in [0.05, 0.1) is 22.9 Å². The molecule has 15 heavy (non-hydrogen) atoms. The van der Waals surface area contributed by atoms with Gasteiger partial charge in [-0.25, -0.2) is 9.78 Å². The highest BCUT2D eigenvalue weighted by Crippen LogP contribution is 2.24. The molecule has 1 aromatic rings. The summed E-state index contributed by atoms with van der Waals surface area (Å²) in [5.74, 6) is -0.446. The summed E-state index contributed by atoms with van der Waals surface area (Å²) >= 11 is 14.7. The lowest BCUT2D eigenvalue weighted by molar-refractivity contribution is 0.0525. The van der Waals surface area contributed by atoms with Crippen molar-refractivity contribution in [2.75, 3.05) is 6.61 Å². The number of nitrogens with zero attached hydrogens (tertiary/aromatic N) is 1. The van der Waals surface area contributed by atoms with Gasteiger partial charge in [0, 0.05) is 5.33 Å². The molecular weight excluding hydrogens is 305 g/mol. The van der Waals surface area contributed by atoms with Crippen LogP contribution in [0.4, 0.5) is 0 Å². The third-order valence-electron chi connectivity index (χ3n) is 1.63. The number of esters is 1. The second-order valence-electron chi connectivity index (χ2n) is 2.61. The number of carbonyl (C=O) groups excluding carboxylic acids is 1. The second-order valence-corrected chi connectivity index (χ2v) is 3.94. The van der Waals surface area contributed by atoms with Crippen LogP contribution in [0.2, 0.25) is 10.2 Å². The van der Waals surface area contributed by atoms with E-state index in [-0.39, 0.29) is 10.2 Å². The van der Waals surface area contributed by atoms with Crippen LogP contribution in [-0.2, 0) is 10.1 Å². The minimum absolute atomic E-state index is 0.180. The van der Waals surface area contributed by atoms with E-state index >= 15 is 0 Å². The summed E-state index contributed by atoms with van der Waals surface area (Å²) in [7, 11) is 0. The molecule has 0 saturated heterocycles. The van der Waals surface area contributed by atoms with Gasteiger partial charge < -0.3 is 4.74 Å². The van der Waals surface area contributed by atoms with Crippen molar-refractivity contribution in [1.82, 2.24) is 4.98 Å². The fraction of sp³-hybridized carbons (Fsp3) is 0.333. The van der Waals surface area contributed by atoms with E-state index in [1.807, 2.05) is 0 Å². The maximum atomic E-state index is 11.5. The summed E-state index contributed by atoms with van der Waals surface area (Å²) in [5, 5.41) is 0.835. The van der Waals surface area contributed by atoms with Gasteiger partial charge in [0.1, 0.15) is 5.15 Å². The zero-order valence-corrected chi connectivity index (χ0v) is 11.0. The molecule has 3 nitrogen and oxygen atoms in total. The van der Waals surface area contributed by atoms with Crippen molar-refractivity contribution < 1.29 is 9.53 Å². The molecule has 0 amide bonds. The summed E-state index contributed by atoms with van der Waals surface area (Å²) < 4.78 is 4.86. The SMILES string of the molecule is CCOC(=O)c1cc(Cl)c(Cl)nc1CBr. The molecule has 1 aromatic heterocycles. The molecule has 0 spiro atoms. The zero-order chi connectivity index (χ0) is 11.4. The molecule has 0 unspecified atom stereocenters. The number of hydrogen-bond donors (Lipinski definition) is 0. The first-order valence-corrected chi connectivity index (χ1v) is 6.05. The molecule has 0 saturated carbocycles. The first-order chi connectivity index (χ1) is 7.10. The van der Waals surface area contributed by atoms with E-state index in [0.717, 1.165) is 0 Å². The third kappa shape index (κ3) is 3.06. The van der Waals surface area contributed by atoms with Crippen LogP contribution < -0.4 is 0 Å². The number of rotatable bonds is 3. The normalized spacial score (nSPS) is 10.1. The summed E-state index contributed by atoms with van der Waals surface area (Å²) in [4.78, 5) is 15.5. The average Bonchev–Trinajstić information content (AvgIpc) is 2.21. The molecule has 0 radical (unpaired) electrons. The Labute approximate surface area is 106 Å². The van der Waals surface area contributed by atoms with Crippen LogP contribution in [-0.4, -0.2) is 17.6 Å². The van der Waals surface area contributed by atoms with Crippen LogP contribution in [0.1, 0.15) is 23.0 Å². The van der Waals surface area contributed by atoms with Gasteiger partial charge in [-0.1, -0.05) is 39.1 Å². The Morgan fingerprint density at radius 1 is 1.60 bits per heavy atom. The van der Waals surface area contributed by atoms with Gasteiger partial charge in [0.2, 0.25) is 0 Å². The molecule has 0 fully saturated rings. The fourth-order valence-electron chi connectivity index (χ4n) is 0.989. The highest BCUT2D eigenvalue weighted by Gasteiger charge is 2.15. The molecule has 1 rings (SSSR count). The van der Waals surface area contributed by atoms with Gasteiger partial charge in [-0.15, -0.1) is 0 Å². The van der Waals surface area contributed by atoms with E-state index in [0.29, 0.717) is 23.2 Å². The monoisotopic (exact) mass is 311 g/mol. The molecule has 82 valence electrons. The number of halogens is 3. The zero-order valence-electron chi connectivity index (χ0n) is 7.89. The fourth-order valence-corrected chi connectivity index (χ4v) is 1.72. The quantitative estimate of drug-likeness (QED) is 0.487. The highest BCUT2D eigenvalue weighted by atomic mass is 79.9. The number of pyridine rings is 1. The minimum atomic E-state index is -0.446. The summed E-state index contributed by atoms with van der Waals surface area (Å²) in [6.45, 7) is 2.04. The number of carbonyl (C=O) groups is 1. The molecule has 0 aromatic carbocycles. The van der Waals surface area contributed by atoms with Gasteiger partial charge in [-0.05, 0) is 13.0 Å². The lowest BCUT2D eigenvalue weighted by Gasteiger charge is -2.07. The Kier molecular flexibility index (Phi) is 4.83. The molecular formula is C9H8BrCl2NO2. The van der Waals surface area contributed by atoms with Gasteiger partial charge in [0.25, 0.3) is 0 Å². The van der Waals surface area contributed by atoms with Crippen LogP contribution in [0.3, 0.4) is 0 Å². The Morgan fingerprint density at radius 3 is 2.80 bits per heavy atom. The second kappa shape index (κ2) is 5.68. The lowest BCUT2D eigenvalue weighted by Crippen LogP contribution is -2.09. The minimum Gasteiger partial charge on any atom is -0.462 e. The van der Waals surface area contributed by atoms with Crippen LogP contribution in [0.25, 0.3) is 0 Å². The van der Waals surface area contributed by atoms with Crippen molar-refractivity contribution in [3.8, 4) is 0 Å². The molecule has 6 heteroatoms. The van der Waals surface area contributed by atoms with Crippen LogP contribution in [0.15, 0.2) is 6.07 Å². The van der Waals surface area contributed by atoms with E-state index < -0.39 is 5.97 Å². The van der Waals surface area contributed by atoms with E-state index in [4.69, 9.17) is 27.9 Å². The maximum Gasteiger partial charge on any atom is 0.340 e. The van der Waals surface area contributed by atoms with E-state index in [9.17, 15) is 4.79 Å². The number of hydrogen-bond acceptors (Lipinski definition) is 3. The van der Waals surface area contributed by atoms with Gasteiger partial charge in [-0.3, -0.25) is 0 Å². The summed E-state index contributed by atoms with van der Waals surface area (Å²) in [5.41, 5.74) is 0.853. The van der Waals surface area contributed by atoms with Crippen LogP contribution in [0, 0.1) is 0 Å². The topological polar surface area (TPSA) is 39.2 Å².